The molecular formula is C34H32N4O4S. The highest BCUT2D eigenvalue weighted by atomic mass is 32.1. The zero-order valence-corrected chi connectivity index (χ0v) is 24.3. The lowest BCUT2D eigenvalue weighted by atomic mass is 9.49. The molecule has 2 aliphatic heterocycles. The third-order valence-corrected chi connectivity index (χ3v) is 10.9. The summed E-state index contributed by atoms with van der Waals surface area (Å²) in [6.07, 6.45) is 4.11. The number of hydrogen-bond acceptors (Lipinski definition) is 6. The second-order valence-corrected chi connectivity index (χ2v) is 13.4. The van der Waals surface area contributed by atoms with Crippen LogP contribution in [0.2, 0.25) is 0 Å². The van der Waals surface area contributed by atoms with Crippen LogP contribution < -0.4 is 15.4 Å². The van der Waals surface area contributed by atoms with Gasteiger partial charge in [-0.3, -0.25) is 15.0 Å². The fraction of sp³-hybridized carbons (Fsp3) is 0.353. The van der Waals surface area contributed by atoms with Crippen LogP contribution in [0.15, 0.2) is 60.7 Å². The predicted molar refractivity (Wildman–Crippen MR) is 167 cm³/mol. The molecule has 0 unspecified atom stereocenters. The van der Waals surface area contributed by atoms with E-state index in [2.05, 4.69) is 20.5 Å². The number of amides is 1. The van der Waals surface area contributed by atoms with Gasteiger partial charge >= 0.3 is 0 Å². The number of benzene rings is 3. The number of aliphatic hydroxyl groups is 1. The van der Waals surface area contributed by atoms with Crippen molar-refractivity contribution in [2.24, 2.45) is 5.92 Å². The molecule has 1 saturated carbocycles. The number of likely N-dealkylation sites (tertiary alicyclic amines) is 1. The van der Waals surface area contributed by atoms with Gasteiger partial charge in [-0.2, -0.15) is 0 Å². The maximum Gasteiger partial charge on any atom is 0.257 e. The lowest BCUT2D eigenvalue weighted by Gasteiger charge is -2.62. The van der Waals surface area contributed by atoms with E-state index in [-0.39, 0.29) is 22.8 Å². The molecule has 218 valence electrons. The maximum absolute atomic E-state index is 13.1. The fourth-order valence-corrected chi connectivity index (χ4v) is 8.84. The first-order chi connectivity index (χ1) is 20.9. The summed E-state index contributed by atoms with van der Waals surface area (Å²) in [5, 5.41) is 31.1. The molecule has 1 amide bonds. The molecular weight excluding hydrogens is 560 g/mol. The van der Waals surface area contributed by atoms with Crippen molar-refractivity contribution in [3.8, 4) is 11.5 Å². The molecule has 3 aromatic carbocycles. The predicted octanol–water partition coefficient (Wildman–Crippen LogP) is 4.70. The van der Waals surface area contributed by atoms with Crippen LogP contribution in [-0.4, -0.2) is 55.8 Å². The Morgan fingerprint density at radius 2 is 1.98 bits per heavy atom. The molecule has 43 heavy (non-hydrogen) atoms. The van der Waals surface area contributed by atoms with Crippen molar-refractivity contribution < 1.29 is 19.7 Å². The van der Waals surface area contributed by atoms with Crippen LogP contribution in [0, 0.1) is 5.92 Å². The first-order valence-electron chi connectivity index (χ1n) is 15.2. The summed E-state index contributed by atoms with van der Waals surface area (Å²) in [5.41, 5.74) is 4.74. The molecule has 9 rings (SSSR count). The number of H-pyrrole nitrogens is 1. The van der Waals surface area contributed by atoms with Crippen LogP contribution in [-0.2, 0) is 18.3 Å². The van der Waals surface area contributed by atoms with Gasteiger partial charge in [0, 0.05) is 46.7 Å². The van der Waals surface area contributed by atoms with Gasteiger partial charge in [0.15, 0.2) is 22.7 Å². The van der Waals surface area contributed by atoms with E-state index < -0.39 is 17.1 Å². The van der Waals surface area contributed by atoms with E-state index in [9.17, 15) is 15.0 Å². The summed E-state index contributed by atoms with van der Waals surface area (Å²) in [5.74, 6) is 1.12. The van der Waals surface area contributed by atoms with Crippen molar-refractivity contribution in [1.29, 1.82) is 0 Å². The number of fused-ring (bicyclic) bond motifs is 4. The topological polar surface area (TPSA) is 110 Å². The van der Waals surface area contributed by atoms with Crippen LogP contribution in [0.4, 0.5) is 5.69 Å². The third kappa shape index (κ3) is 3.50. The number of anilines is 1. The Balaban J connectivity index is 1.11. The van der Waals surface area contributed by atoms with Crippen molar-refractivity contribution in [3.63, 3.8) is 0 Å². The molecule has 0 radical (unpaired) electrons. The molecule has 3 aliphatic carbocycles. The average molecular weight is 593 g/mol. The fourth-order valence-electron chi connectivity index (χ4n) is 8.63. The van der Waals surface area contributed by atoms with Gasteiger partial charge in [-0.25, -0.2) is 0 Å². The van der Waals surface area contributed by atoms with Crippen LogP contribution in [0.3, 0.4) is 0 Å². The van der Waals surface area contributed by atoms with Gasteiger partial charge in [0.25, 0.3) is 5.91 Å². The minimum Gasteiger partial charge on any atom is -0.504 e. The van der Waals surface area contributed by atoms with Gasteiger partial charge in [-0.05, 0) is 97.9 Å². The van der Waals surface area contributed by atoms with Gasteiger partial charge in [-0.1, -0.05) is 24.3 Å². The first-order valence-corrected chi connectivity index (χ1v) is 15.6. The second kappa shape index (κ2) is 8.81. The quantitative estimate of drug-likeness (QED) is 0.219. The highest BCUT2D eigenvalue weighted by molar-refractivity contribution is 7.80. The number of ether oxygens (including phenoxy) is 1. The van der Waals surface area contributed by atoms with Crippen LogP contribution >= 0.6 is 12.2 Å². The number of aromatic hydroxyl groups is 1. The smallest absolute Gasteiger partial charge is 0.257 e. The van der Waals surface area contributed by atoms with E-state index in [1.54, 1.807) is 18.2 Å². The molecule has 8 nitrogen and oxygen atoms in total. The van der Waals surface area contributed by atoms with Crippen LogP contribution in [0.25, 0.3) is 10.9 Å². The van der Waals surface area contributed by atoms with Gasteiger partial charge < -0.3 is 25.3 Å². The number of carbonyl (C=O) groups is 1. The highest BCUT2D eigenvalue weighted by Gasteiger charge is 2.72. The Morgan fingerprint density at radius 3 is 2.79 bits per heavy atom. The summed E-state index contributed by atoms with van der Waals surface area (Å²) >= 11 is 5.48. The highest BCUT2D eigenvalue weighted by Crippen LogP contribution is 2.69. The standard InChI is InChI=1S/C34H32N4O4S/c39-25-11-8-20-14-26-34(41)16-23-22-15-21(35-32(43)37-31(40)19-4-2-1-3-5-19)9-10-24(22)36-28(23)30-33(34,27(20)29(25)42-30)12-13-38(26)17-18-6-7-18/h1-5,8-11,15,18,26,30,36,39,41H,6-7,12-14,16-17H2,(H2,35,37,40,43)/t26-,30-,33-,34+/m0/s1. The number of thiocarbonyl (C=S) groups is 1. The summed E-state index contributed by atoms with van der Waals surface area (Å²) < 4.78 is 6.70. The summed E-state index contributed by atoms with van der Waals surface area (Å²) in [6, 6.07) is 18.7. The van der Waals surface area contributed by atoms with E-state index in [0.717, 1.165) is 65.3 Å². The molecule has 2 bridgehead atoms. The zero-order chi connectivity index (χ0) is 29.1. The second-order valence-electron chi connectivity index (χ2n) is 13.0. The Labute approximate surface area is 254 Å². The largest absolute Gasteiger partial charge is 0.504 e. The molecule has 2 fully saturated rings. The summed E-state index contributed by atoms with van der Waals surface area (Å²) in [7, 11) is 0. The summed E-state index contributed by atoms with van der Waals surface area (Å²) in [4.78, 5) is 18.8. The number of rotatable bonds is 4. The SMILES string of the molecule is O=C(NC(=S)Nc1ccc2[nH]c3c(c2c1)C[C@@]1(O)[C@@H]2Cc4ccc(O)c5c4[C@@]1(CCN2CC1CC1)[C@H]3O5)c1ccccc1. The van der Waals surface area contributed by atoms with Crippen LogP contribution in [0.1, 0.15) is 58.1 Å². The number of hydrogen-bond donors (Lipinski definition) is 5. The van der Waals surface area contributed by atoms with Crippen LogP contribution in [0.5, 0.6) is 11.5 Å². The molecule has 1 saturated heterocycles. The van der Waals surface area contributed by atoms with Gasteiger partial charge in [0.1, 0.15) is 0 Å². The van der Waals surface area contributed by atoms with Crippen molar-refractivity contribution in [2.75, 3.05) is 18.4 Å². The lowest BCUT2D eigenvalue weighted by Crippen LogP contribution is -2.74. The number of phenolic OH excluding ortho intramolecular Hbond substituents is 1. The normalized spacial score (nSPS) is 28.1. The number of carbonyl (C=O) groups excluding carboxylic acids is 1. The molecule has 1 spiro atoms. The number of phenols is 1. The number of aromatic amines is 1. The van der Waals surface area contributed by atoms with Crippen molar-refractivity contribution in [1.82, 2.24) is 15.2 Å². The Hall–Kier alpha value is -3.92. The third-order valence-electron chi connectivity index (χ3n) is 10.7. The van der Waals surface area contributed by atoms with E-state index in [0.29, 0.717) is 17.7 Å². The Kier molecular flexibility index (Phi) is 5.24. The van der Waals surface area contributed by atoms with E-state index >= 15 is 0 Å². The minimum atomic E-state index is -1.05. The van der Waals surface area contributed by atoms with Crippen molar-refractivity contribution in [3.05, 3.63) is 88.6 Å². The number of nitrogens with one attached hydrogen (secondary N) is 3. The Morgan fingerprint density at radius 1 is 1.14 bits per heavy atom. The molecule has 5 aliphatic rings. The van der Waals surface area contributed by atoms with E-state index in [1.807, 2.05) is 42.5 Å². The lowest BCUT2D eigenvalue weighted by molar-refractivity contribution is -0.173. The van der Waals surface area contributed by atoms with Gasteiger partial charge in [-0.15, -0.1) is 0 Å². The maximum atomic E-state index is 13.1. The van der Waals surface area contributed by atoms with Crippen molar-refractivity contribution in [2.45, 2.75) is 55.3 Å². The van der Waals surface area contributed by atoms with Gasteiger partial charge in [0.05, 0.1) is 16.7 Å². The number of piperidine rings is 1. The molecule has 9 heteroatoms. The molecule has 4 atom stereocenters. The van der Waals surface area contributed by atoms with Crippen molar-refractivity contribution >= 4 is 39.8 Å². The number of aromatic nitrogens is 1. The average Bonchev–Trinajstić information content (AvgIpc) is 3.64. The van der Waals surface area contributed by atoms with Gasteiger partial charge in [0.2, 0.25) is 0 Å². The monoisotopic (exact) mass is 592 g/mol. The van der Waals surface area contributed by atoms with E-state index in [4.69, 9.17) is 17.0 Å². The molecule has 1 aromatic heterocycles. The minimum absolute atomic E-state index is 0.0314. The molecule has 3 heterocycles. The molecule has 4 aromatic rings. The first kappa shape index (κ1) is 25.6. The molecule has 5 N–H and O–H groups in total. The summed E-state index contributed by atoms with van der Waals surface area (Å²) in [6.45, 7) is 1.93. The zero-order valence-electron chi connectivity index (χ0n) is 23.5. The Bertz CT molecular complexity index is 1850. The van der Waals surface area contributed by atoms with E-state index in [1.165, 1.54) is 18.4 Å². The number of nitrogens with zero attached hydrogens (tertiary/aromatic N) is 1.